The Bertz CT molecular complexity index is 372. The van der Waals surface area contributed by atoms with Crippen LogP contribution in [0.2, 0.25) is 0 Å². The van der Waals surface area contributed by atoms with E-state index in [9.17, 15) is 4.79 Å². The van der Waals surface area contributed by atoms with Gasteiger partial charge in [0.05, 0.1) is 11.6 Å². The minimum atomic E-state index is 0.492. The van der Waals surface area contributed by atoms with Gasteiger partial charge in [0.1, 0.15) is 5.75 Å². The third-order valence-corrected chi connectivity index (χ3v) is 2.75. The van der Waals surface area contributed by atoms with Crippen molar-refractivity contribution in [2.75, 3.05) is 7.11 Å². The van der Waals surface area contributed by atoms with Gasteiger partial charge in [-0.15, -0.1) is 0 Å². The predicted octanol–water partition coefficient (Wildman–Crippen LogP) is 3.39. The topological polar surface area (TPSA) is 26.3 Å². The van der Waals surface area contributed by atoms with Gasteiger partial charge < -0.3 is 4.74 Å². The summed E-state index contributed by atoms with van der Waals surface area (Å²) in [7, 11) is 1.60. The molecule has 0 atom stereocenters. The number of carbonyl (C=O) groups excluding carboxylic acids is 1. The highest BCUT2D eigenvalue weighted by Gasteiger charge is 2.00. The number of ether oxygens (including phenoxy) is 1. The number of hydrogen-bond acceptors (Lipinski definition) is 2. The van der Waals surface area contributed by atoms with Gasteiger partial charge in [0.2, 0.25) is 0 Å². The number of benzene rings is 1. The molecule has 0 amide bonds. The molecular formula is C10H8Br2O2. The third kappa shape index (κ3) is 2.96. The van der Waals surface area contributed by atoms with Crippen LogP contribution in [0.3, 0.4) is 0 Å². The summed E-state index contributed by atoms with van der Waals surface area (Å²) < 4.78 is 6.48. The van der Waals surface area contributed by atoms with E-state index in [0.717, 1.165) is 22.1 Å². The summed E-state index contributed by atoms with van der Waals surface area (Å²) in [6, 6.07) is 5.56. The molecule has 74 valence electrons. The second kappa shape index (κ2) is 5.32. The monoisotopic (exact) mass is 318 g/mol. The van der Waals surface area contributed by atoms with E-state index in [-0.39, 0.29) is 0 Å². The fourth-order valence-corrected chi connectivity index (χ4v) is 1.55. The van der Waals surface area contributed by atoms with Crippen molar-refractivity contribution in [1.82, 2.24) is 0 Å². The average Bonchev–Trinajstić information content (AvgIpc) is 2.21. The first-order chi connectivity index (χ1) is 6.67. The van der Waals surface area contributed by atoms with Crippen LogP contribution in [0.15, 0.2) is 27.2 Å². The van der Waals surface area contributed by atoms with Crippen LogP contribution in [0.4, 0.5) is 0 Å². The summed E-state index contributed by atoms with van der Waals surface area (Å²) in [5.74, 6) is 0.755. The predicted molar refractivity (Wildman–Crippen MR) is 63.7 cm³/mol. The van der Waals surface area contributed by atoms with E-state index in [4.69, 9.17) is 4.74 Å². The highest BCUT2D eigenvalue weighted by Crippen LogP contribution is 2.25. The lowest BCUT2D eigenvalue weighted by Crippen LogP contribution is -1.84. The number of hydrogen-bond donors (Lipinski definition) is 0. The highest BCUT2D eigenvalue weighted by atomic mass is 79.9. The van der Waals surface area contributed by atoms with Crippen molar-refractivity contribution < 1.29 is 9.53 Å². The first kappa shape index (κ1) is 11.5. The maximum Gasteiger partial charge on any atom is 0.157 e. The SMILES string of the molecule is COc1ccc(Br)c(/C=C(\Br)C=O)c1. The maximum absolute atomic E-state index is 10.4. The van der Waals surface area contributed by atoms with Gasteiger partial charge >= 0.3 is 0 Å². The Hall–Kier alpha value is -0.610. The van der Waals surface area contributed by atoms with E-state index >= 15 is 0 Å². The van der Waals surface area contributed by atoms with Crippen LogP contribution in [0.5, 0.6) is 5.75 Å². The number of halogens is 2. The van der Waals surface area contributed by atoms with Gasteiger partial charge in [0.25, 0.3) is 0 Å². The molecule has 0 aliphatic carbocycles. The molecule has 4 heteroatoms. The summed E-state index contributed by atoms with van der Waals surface area (Å²) in [4.78, 5) is 10.4. The van der Waals surface area contributed by atoms with Crippen LogP contribution >= 0.6 is 31.9 Å². The van der Waals surface area contributed by atoms with Crippen LogP contribution in [-0.2, 0) is 4.79 Å². The first-order valence-electron chi connectivity index (χ1n) is 3.83. The molecule has 0 fully saturated rings. The number of carbonyl (C=O) groups is 1. The van der Waals surface area contributed by atoms with Gasteiger partial charge in [-0.05, 0) is 45.8 Å². The highest BCUT2D eigenvalue weighted by molar-refractivity contribution is 9.12. The molecule has 1 aromatic rings. The van der Waals surface area contributed by atoms with Crippen molar-refractivity contribution in [2.24, 2.45) is 0 Å². The van der Waals surface area contributed by atoms with Crippen LogP contribution < -0.4 is 4.74 Å². The quantitative estimate of drug-likeness (QED) is 0.630. The van der Waals surface area contributed by atoms with E-state index in [1.165, 1.54) is 0 Å². The molecule has 0 bridgehead atoms. The summed E-state index contributed by atoms with van der Waals surface area (Å²) in [6.45, 7) is 0. The molecule has 0 saturated carbocycles. The molecule has 0 heterocycles. The van der Waals surface area contributed by atoms with E-state index < -0.39 is 0 Å². The van der Waals surface area contributed by atoms with Crippen molar-refractivity contribution in [3.8, 4) is 5.75 Å². The molecule has 0 aliphatic rings. The molecule has 0 unspecified atom stereocenters. The van der Waals surface area contributed by atoms with Crippen LogP contribution in [0.25, 0.3) is 6.08 Å². The Morgan fingerprint density at radius 3 is 2.79 bits per heavy atom. The molecule has 0 saturated heterocycles. The van der Waals surface area contributed by atoms with Crippen molar-refractivity contribution in [3.05, 3.63) is 32.7 Å². The van der Waals surface area contributed by atoms with Gasteiger partial charge in [0, 0.05) is 4.47 Å². The second-order valence-electron chi connectivity index (χ2n) is 2.53. The molecular weight excluding hydrogens is 312 g/mol. The van der Waals surface area contributed by atoms with Crippen molar-refractivity contribution >= 4 is 44.2 Å². The van der Waals surface area contributed by atoms with E-state index in [2.05, 4.69) is 31.9 Å². The number of aldehydes is 1. The lowest BCUT2D eigenvalue weighted by molar-refractivity contribution is -0.104. The second-order valence-corrected chi connectivity index (χ2v) is 4.30. The number of methoxy groups -OCH3 is 1. The zero-order valence-corrected chi connectivity index (χ0v) is 10.6. The Morgan fingerprint density at radius 1 is 1.50 bits per heavy atom. The molecule has 0 aromatic heterocycles. The molecule has 0 N–H and O–H groups in total. The zero-order valence-electron chi connectivity index (χ0n) is 7.46. The number of allylic oxidation sites excluding steroid dienone is 1. The molecule has 14 heavy (non-hydrogen) atoms. The molecule has 1 aromatic carbocycles. The third-order valence-electron chi connectivity index (χ3n) is 1.61. The van der Waals surface area contributed by atoms with E-state index in [1.54, 1.807) is 13.2 Å². The maximum atomic E-state index is 10.4. The van der Waals surface area contributed by atoms with E-state index in [0.29, 0.717) is 4.48 Å². The smallest absolute Gasteiger partial charge is 0.157 e. The summed E-state index contributed by atoms with van der Waals surface area (Å²) in [6.07, 6.45) is 2.46. The standard InChI is InChI=1S/C10H8Br2O2/c1-14-9-2-3-10(12)7(5-9)4-8(11)6-13/h2-6H,1H3/b8-4-. The van der Waals surface area contributed by atoms with Crippen LogP contribution in [0, 0.1) is 0 Å². The Morgan fingerprint density at radius 2 is 2.21 bits per heavy atom. The molecule has 0 aliphatic heterocycles. The largest absolute Gasteiger partial charge is 0.497 e. The summed E-state index contributed by atoms with van der Waals surface area (Å²) in [5, 5.41) is 0. The van der Waals surface area contributed by atoms with Crippen LogP contribution in [0.1, 0.15) is 5.56 Å². The fourth-order valence-electron chi connectivity index (χ4n) is 0.942. The zero-order chi connectivity index (χ0) is 10.6. The Balaban J connectivity index is 3.12. The van der Waals surface area contributed by atoms with Crippen LogP contribution in [-0.4, -0.2) is 13.4 Å². The molecule has 2 nitrogen and oxygen atoms in total. The minimum Gasteiger partial charge on any atom is -0.497 e. The van der Waals surface area contributed by atoms with E-state index in [1.807, 2.05) is 18.2 Å². The normalized spacial score (nSPS) is 11.2. The van der Waals surface area contributed by atoms with Gasteiger partial charge in [-0.3, -0.25) is 4.79 Å². The average molecular weight is 320 g/mol. The first-order valence-corrected chi connectivity index (χ1v) is 5.42. The fraction of sp³-hybridized carbons (Fsp3) is 0.100. The summed E-state index contributed by atoms with van der Waals surface area (Å²) >= 11 is 6.51. The van der Waals surface area contributed by atoms with Gasteiger partial charge in [-0.25, -0.2) is 0 Å². The molecule has 0 spiro atoms. The molecule has 1 rings (SSSR count). The minimum absolute atomic E-state index is 0.492. The Labute approximate surface area is 99.2 Å². The Kier molecular flexibility index (Phi) is 4.35. The number of rotatable bonds is 3. The van der Waals surface area contributed by atoms with Crippen molar-refractivity contribution in [3.63, 3.8) is 0 Å². The lowest BCUT2D eigenvalue weighted by Gasteiger charge is -2.03. The lowest BCUT2D eigenvalue weighted by atomic mass is 10.2. The van der Waals surface area contributed by atoms with Crippen molar-refractivity contribution in [1.29, 1.82) is 0 Å². The summed E-state index contributed by atoms with van der Waals surface area (Å²) in [5.41, 5.74) is 0.892. The van der Waals surface area contributed by atoms with Gasteiger partial charge in [-0.1, -0.05) is 15.9 Å². The van der Waals surface area contributed by atoms with Crippen molar-refractivity contribution in [2.45, 2.75) is 0 Å². The van der Waals surface area contributed by atoms with Gasteiger partial charge in [-0.2, -0.15) is 0 Å². The van der Waals surface area contributed by atoms with Gasteiger partial charge in [0.15, 0.2) is 6.29 Å². The molecule has 0 radical (unpaired) electrons.